The highest BCUT2D eigenvalue weighted by Gasteiger charge is 2.18. The molecule has 170 valence electrons. The van der Waals surface area contributed by atoms with Crippen LogP contribution in [0.25, 0.3) is 0 Å². The van der Waals surface area contributed by atoms with E-state index in [9.17, 15) is 4.79 Å². The van der Waals surface area contributed by atoms with Gasteiger partial charge < -0.3 is 19.1 Å². The van der Waals surface area contributed by atoms with Crippen LogP contribution in [-0.2, 0) is 17.8 Å². The van der Waals surface area contributed by atoms with Crippen LogP contribution in [0.5, 0.6) is 11.5 Å². The summed E-state index contributed by atoms with van der Waals surface area (Å²) < 4.78 is 16.9. The molecule has 1 aromatic carbocycles. The van der Waals surface area contributed by atoms with E-state index in [0.717, 1.165) is 56.4 Å². The van der Waals surface area contributed by atoms with Gasteiger partial charge in [-0.3, -0.25) is 9.69 Å². The number of morpholine rings is 1. The minimum absolute atomic E-state index is 0.0659. The Bertz CT molecular complexity index is 836. The lowest BCUT2D eigenvalue weighted by atomic mass is 10.1. The number of unbranched alkanes of at least 4 members (excludes halogenated alkanes) is 1. The van der Waals surface area contributed by atoms with Crippen LogP contribution in [0.3, 0.4) is 0 Å². The van der Waals surface area contributed by atoms with Crippen molar-refractivity contribution in [2.45, 2.75) is 39.8 Å². The SMILES string of the molecule is CCCCOc1ccc(C(=O)N(C)Cc2csc(CN3CCOCC3)n2)cc1OCC. The van der Waals surface area contributed by atoms with Crippen molar-refractivity contribution in [1.29, 1.82) is 0 Å². The fourth-order valence-corrected chi connectivity index (χ4v) is 4.16. The molecule has 0 atom stereocenters. The molecule has 0 N–H and O–H groups in total. The monoisotopic (exact) mass is 447 g/mol. The van der Waals surface area contributed by atoms with Gasteiger partial charge in [-0.2, -0.15) is 0 Å². The molecule has 8 heteroatoms. The third kappa shape index (κ3) is 6.92. The minimum Gasteiger partial charge on any atom is -0.490 e. The van der Waals surface area contributed by atoms with Crippen LogP contribution < -0.4 is 9.47 Å². The smallest absolute Gasteiger partial charge is 0.254 e. The van der Waals surface area contributed by atoms with Gasteiger partial charge in [0.1, 0.15) is 5.01 Å². The van der Waals surface area contributed by atoms with Crippen LogP contribution in [0.4, 0.5) is 0 Å². The number of thiazole rings is 1. The van der Waals surface area contributed by atoms with Crippen molar-refractivity contribution in [1.82, 2.24) is 14.8 Å². The molecule has 0 aliphatic carbocycles. The van der Waals surface area contributed by atoms with Crippen LogP contribution in [0.1, 0.15) is 47.7 Å². The molecule has 1 aliphatic heterocycles. The lowest BCUT2D eigenvalue weighted by Gasteiger charge is -2.25. The van der Waals surface area contributed by atoms with Gasteiger partial charge in [-0.05, 0) is 31.5 Å². The normalized spacial score (nSPS) is 14.4. The zero-order valence-electron chi connectivity index (χ0n) is 18.8. The van der Waals surface area contributed by atoms with Gasteiger partial charge >= 0.3 is 0 Å². The maximum absolute atomic E-state index is 13.0. The van der Waals surface area contributed by atoms with Gasteiger partial charge in [-0.25, -0.2) is 4.98 Å². The standard InChI is InChI=1S/C23H33N3O4S/c1-4-6-11-30-20-8-7-18(14-21(20)29-5-2)23(27)25(3)15-19-17-31-22(24-19)16-26-9-12-28-13-10-26/h7-8,14,17H,4-6,9-13,15-16H2,1-3H3. The molecule has 1 saturated heterocycles. The van der Waals surface area contributed by atoms with Crippen LogP contribution >= 0.6 is 11.3 Å². The van der Waals surface area contributed by atoms with Gasteiger partial charge in [-0.1, -0.05) is 13.3 Å². The summed E-state index contributed by atoms with van der Waals surface area (Å²) in [4.78, 5) is 21.7. The van der Waals surface area contributed by atoms with Crippen molar-refractivity contribution in [2.24, 2.45) is 0 Å². The van der Waals surface area contributed by atoms with Gasteiger partial charge in [-0.15, -0.1) is 11.3 Å². The van der Waals surface area contributed by atoms with E-state index in [-0.39, 0.29) is 5.91 Å². The van der Waals surface area contributed by atoms with E-state index < -0.39 is 0 Å². The second kappa shape index (κ2) is 12.0. The van der Waals surface area contributed by atoms with Crippen molar-refractivity contribution >= 4 is 17.2 Å². The highest BCUT2D eigenvalue weighted by Crippen LogP contribution is 2.29. The Morgan fingerprint density at radius 1 is 1.23 bits per heavy atom. The topological polar surface area (TPSA) is 64.1 Å². The van der Waals surface area contributed by atoms with E-state index in [0.29, 0.717) is 36.8 Å². The first kappa shape index (κ1) is 23.5. The fraction of sp³-hybridized carbons (Fsp3) is 0.565. The number of rotatable bonds is 11. The third-order valence-electron chi connectivity index (χ3n) is 5.05. The Morgan fingerprint density at radius 2 is 2.03 bits per heavy atom. The number of hydrogen-bond donors (Lipinski definition) is 0. The number of ether oxygens (including phenoxy) is 3. The second-order valence-electron chi connectivity index (χ2n) is 7.58. The van der Waals surface area contributed by atoms with Crippen LogP contribution in [0.15, 0.2) is 23.6 Å². The van der Waals surface area contributed by atoms with E-state index in [1.165, 1.54) is 0 Å². The summed E-state index contributed by atoms with van der Waals surface area (Å²) >= 11 is 1.65. The lowest BCUT2D eigenvalue weighted by Crippen LogP contribution is -2.35. The average Bonchev–Trinajstić information content (AvgIpc) is 3.21. The van der Waals surface area contributed by atoms with Gasteiger partial charge in [0.15, 0.2) is 11.5 Å². The Hall–Kier alpha value is -2.16. The van der Waals surface area contributed by atoms with E-state index >= 15 is 0 Å². The summed E-state index contributed by atoms with van der Waals surface area (Å²) in [5.41, 5.74) is 1.49. The fourth-order valence-electron chi connectivity index (χ4n) is 3.34. The third-order valence-corrected chi connectivity index (χ3v) is 5.94. The van der Waals surface area contributed by atoms with Crippen molar-refractivity contribution in [3.8, 4) is 11.5 Å². The molecular weight excluding hydrogens is 414 g/mol. The first-order valence-electron chi connectivity index (χ1n) is 11.0. The van der Waals surface area contributed by atoms with Gasteiger partial charge in [0.25, 0.3) is 5.91 Å². The Labute approximate surface area is 188 Å². The first-order chi connectivity index (χ1) is 15.1. The summed E-state index contributed by atoms with van der Waals surface area (Å²) in [5.74, 6) is 1.23. The number of nitrogens with zero attached hydrogens (tertiary/aromatic N) is 3. The lowest BCUT2D eigenvalue weighted by molar-refractivity contribution is 0.0341. The van der Waals surface area contributed by atoms with Gasteiger partial charge in [0.05, 0.1) is 45.2 Å². The maximum atomic E-state index is 13.0. The summed E-state index contributed by atoms with van der Waals surface area (Å²) in [5, 5.41) is 3.11. The number of amides is 1. The molecule has 1 aromatic heterocycles. The van der Waals surface area contributed by atoms with Crippen LogP contribution in [-0.4, -0.2) is 67.3 Å². The molecule has 0 saturated carbocycles. The van der Waals surface area contributed by atoms with Crippen molar-refractivity contribution in [3.05, 3.63) is 39.8 Å². The largest absolute Gasteiger partial charge is 0.490 e. The average molecular weight is 448 g/mol. The highest BCUT2D eigenvalue weighted by atomic mass is 32.1. The summed E-state index contributed by atoms with van der Waals surface area (Å²) in [7, 11) is 1.80. The summed E-state index contributed by atoms with van der Waals surface area (Å²) in [6, 6.07) is 5.40. The predicted molar refractivity (Wildman–Crippen MR) is 122 cm³/mol. The number of carbonyl (C=O) groups excluding carboxylic acids is 1. The predicted octanol–water partition coefficient (Wildman–Crippen LogP) is 3.83. The van der Waals surface area contributed by atoms with E-state index in [1.54, 1.807) is 35.4 Å². The molecule has 0 unspecified atom stereocenters. The molecule has 1 amide bonds. The number of carbonyl (C=O) groups is 1. The van der Waals surface area contributed by atoms with Crippen LogP contribution in [0, 0.1) is 0 Å². The van der Waals surface area contributed by atoms with Gasteiger partial charge in [0, 0.05) is 31.1 Å². The molecular formula is C23H33N3O4S. The van der Waals surface area contributed by atoms with E-state index in [4.69, 9.17) is 19.2 Å². The second-order valence-corrected chi connectivity index (χ2v) is 8.52. The number of benzene rings is 1. The number of hydrogen-bond acceptors (Lipinski definition) is 7. The molecule has 3 rings (SSSR count). The molecule has 0 radical (unpaired) electrons. The van der Waals surface area contributed by atoms with E-state index in [2.05, 4.69) is 11.8 Å². The molecule has 1 aliphatic rings. The summed E-state index contributed by atoms with van der Waals surface area (Å²) in [6.07, 6.45) is 2.05. The molecule has 1 fully saturated rings. The number of aromatic nitrogens is 1. The molecule has 0 bridgehead atoms. The van der Waals surface area contributed by atoms with Crippen molar-refractivity contribution < 1.29 is 19.0 Å². The van der Waals surface area contributed by atoms with Crippen LogP contribution in [0.2, 0.25) is 0 Å². The molecule has 2 aromatic rings. The Balaban J connectivity index is 1.60. The quantitative estimate of drug-likeness (QED) is 0.488. The maximum Gasteiger partial charge on any atom is 0.254 e. The van der Waals surface area contributed by atoms with E-state index in [1.807, 2.05) is 18.4 Å². The zero-order valence-corrected chi connectivity index (χ0v) is 19.6. The highest BCUT2D eigenvalue weighted by molar-refractivity contribution is 7.09. The minimum atomic E-state index is -0.0659. The Kier molecular flexibility index (Phi) is 9.12. The van der Waals surface area contributed by atoms with Crippen molar-refractivity contribution in [2.75, 3.05) is 46.6 Å². The first-order valence-corrected chi connectivity index (χ1v) is 11.9. The van der Waals surface area contributed by atoms with Crippen molar-refractivity contribution in [3.63, 3.8) is 0 Å². The van der Waals surface area contributed by atoms with Gasteiger partial charge in [0.2, 0.25) is 0 Å². The Morgan fingerprint density at radius 3 is 2.77 bits per heavy atom. The summed E-state index contributed by atoms with van der Waals surface area (Å²) in [6.45, 7) is 9.94. The zero-order chi connectivity index (χ0) is 22.1. The molecule has 31 heavy (non-hydrogen) atoms. The molecule has 2 heterocycles. The molecule has 7 nitrogen and oxygen atoms in total. The molecule has 0 spiro atoms.